The lowest BCUT2D eigenvalue weighted by Gasteiger charge is -2.18. The highest BCUT2D eigenvalue weighted by Crippen LogP contribution is 2.15. The zero-order valence-electron chi connectivity index (χ0n) is 47.9. The number of rotatable bonds is 55. The van der Waals surface area contributed by atoms with Gasteiger partial charge in [0.15, 0.2) is 6.10 Å². The van der Waals surface area contributed by atoms with Crippen LogP contribution in [0.1, 0.15) is 290 Å². The summed E-state index contributed by atoms with van der Waals surface area (Å²) in [6.07, 6.45) is 81.1. The summed E-state index contributed by atoms with van der Waals surface area (Å²) in [6.45, 7) is 6.48. The quantitative estimate of drug-likeness (QED) is 0.0261. The Morgan fingerprint density at radius 1 is 0.288 bits per heavy atom. The third kappa shape index (κ3) is 59.1. The maximum absolute atomic E-state index is 12.9. The van der Waals surface area contributed by atoms with Crippen molar-refractivity contribution in [1.82, 2.24) is 0 Å². The lowest BCUT2D eigenvalue weighted by Crippen LogP contribution is -2.30. The predicted molar refractivity (Wildman–Crippen MR) is 316 cm³/mol. The second-order valence-corrected chi connectivity index (χ2v) is 20.2. The van der Waals surface area contributed by atoms with Crippen molar-refractivity contribution in [2.24, 2.45) is 0 Å². The van der Waals surface area contributed by atoms with Gasteiger partial charge in [-0.15, -0.1) is 0 Å². The molecule has 0 aliphatic rings. The number of carbonyl (C=O) groups is 3. The number of carbonyl (C=O) groups excluding carboxylic acids is 3. The number of hydrogen-bond acceptors (Lipinski definition) is 6. The van der Waals surface area contributed by atoms with Crippen molar-refractivity contribution in [3.63, 3.8) is 0 Å². The smallest absolute Gasteiger partial charge is 0.306 e. The van der Waals surface area contributed by atoms with Gasteiger partial charge < -0.3 is 14.2 Å². The molecule has 1 unspecified atom stereocenters. The third-order valence-corrected chi connectivity index (χ3v) is 13.0. The van der Waals surface area contributed by atoms with Crippen molar-refractivity contribution < 1.29 is 28.6 Å². The van der Waals surface area contributed by atoms with Crippen LogP contribution in [0.3, 0.4) is 0 Å². The molecule has 0 aromatic rings. The van der Waals surface area contributed by atoms with Crippen molar-refractivity contribution in [2.45, 2.75) is 297 Å². The summed E-state index contributed by atoms with van der Waals surface area (Å²) in [4.78, 5) is 38.3. The van der Waals surface area contributed by atoms with Gasteiger partial charge in [-0.25, -0.2) is 0 Å². The van der Waals surface area contributed by atoms with Crippen LogP contribution in [0.15, 0.2) is 97.2 Å². The highest BCUT2D eigenvalue weighted by molar-refractivity contribution is 5.71. The minimum Gasteiger partial charge on any atom is -0.462 e. The average molecular weight is 1020 g/mol. The van der Waals surface area contributed by atoms with Gasteiger partial charge in [0.1, 0.15) is 13.2 Å². The molecule has 0 rings (SSSR count). The predicted octanol–water partition coefficient (Wildman–Crippen LogP) is 20.9. The summed E-state index contributed by atoms with van der Waals surface area (Å²) < 4.78 is 16.9. The molecule has 0 bridgehead atoms. The van der Waals surface area contributed by atoms with Gasteiger partial charge >= 0.3 is 17.9 Å². The van der Waals surface area contributed by atoms with Gasteiger partial charge in [0.25, 0.3) is 0 Å². The molecule has 0 saturated carbocycles. The summed E-state index contributed by atoms with van der Waals surface area (Å²) >= 11 is 0. The molecule has 0 aliphatic carbocycles. The molecule has 0 radical (unpaired) electrons. The Kier molecular flexibility index (Phi) is 57.8. The molecule has 73 heavy (non-hydrogen) atoms. The van der Waals surface area contributed by atoms with E-state index in [1.807, 2.05) is 0 Å². The average Bonchev–Trinajstić information content (AvgIpc) is 3.39. The topological polar surface area (TPSA) is 78.9 Å². The van der Waals surface area contributed by atoms with Crippen molar-refractivity contribution in [3.8, 4) is 0 Å². The molecule has 0 aliphatic heterocycles. The Balaban J connectivity index is 4.40. The number of hydrogen-bond donors (Lipinski definition) is 0. The van der Waals surface area contributed by atoms with E-state index < -0.39 is 6.10 Å². The van der Waals surface area contributed by atoms with E-state index in [9.17, 15) is 14.4 Å². The fourth-order valence-corrected chi connectivity index (χ4v) is 8.44. The first-order valence-corrected chi connectivity index (χ1v) is 30.7. The number of unbranched alkanes of at least 4 members (excludes halogenated alkanes) is 28. The molecule has 0 N–H and O–H groups in total. The SMILES string of the molecule is CC/C=C\C/C=C\C/C=C\CCCCCCCC(=O)OCC(COC(=O)CCCCCCCCCC/C=C\C/C=C\C/C=C\CCCCCCC)OC(=O)CCCCCCCCC/C=C\C/C=C\CCCCC. The van der Waals surface area contributed by atoms with Crippen LogP contribution in [-0.4, -0.2) is 37.2 Å². The Bertz CT molecular complexity index is 1440. The molecule has 0 aromatic heterocycles. The maximum atomic E-state index is 12.9. The molecule has 0 amide bonds. The van der Waals surface area contributed by atoms with E-state index in [2.05, 4.69) is 118 Å². The standard InChI is InChI=1S/C67H114O6/c1-4-7-10-13-16-19-22-25-28-30-31-32-33-34-35-37-39-42-45-48-51-54-57-60-66(69)72-63-64(62-71-65(68)59-56-53-50-47-44-41-38-27-24-21-18-15-12-9-6-3)73-67(70)61-58-55-52-49-46-43-40-36-29-26-23-20-17-14-11-8-5-2/h9,12,17-18,20-22,25-27,29-31,33-34,38,64H,4-8,10-11,13-16,19,23-24,28,32,35-37,39-63H2,1-3H3/b12-9-,20-17-,21-18-,25-22-,29-26-,31-30-,34-33-,38-27-. The lowest BCUT2D eigenvalue weighted by atomic mass is 10.1. The summed E-state index contributed by atoms with van der Waals surface area (Å²) in [5, 5.41) is 0. The van der Waals surface area contributed by atoms with E-state index in [1.165, 1.54) is 122 Å². The van der Waals surface area contributed by atoms with Crippen LogP contribution in [0, 0.1) is 0 Å². The van der Waals surface area contributed by atoms with Crippen LogP contribution in [0.4, 0.5) is 0 Å². The van der Waals surface area contributed by atoms with E-state index in [0.29, 0.717) is 19.3 Å². The Morgan fingerprint density at radius 3 is 0.863 bits per heavy atom. The number of ether oxygens (including phenoxy) is 3. The van der Waals surface area contributed by atoms with Crippen LogP contribution >= 0.6 is 0 Å². The highest BCUT2D eigenvalue weighted by atomic mass is 16.6. The zero-order chi connectivity index (χ0) is 52.9. The minimum absolute atomic E-state index is 0.0906. The highest BCUT2D eigenvalue weighted by Gasteiger charge is 2.19. The largest absolute Gasteiger partial charge is 0.462 e. The maximum Gasteiger partial charge on any atom is 0.306 e. The van der Waals surface area contributed by atoms with Crippen molar-refractivity contribution in [3.05, 3.63) is 97.2 Å². The molecule has 0 spiro atoms. The summed E-state index contributed by atoms with van der Waals surface area (Å²) in [6, 6.07) is 0. The molecular formula is C67H114O6. The van der Waals surface area contributed by atoms with Gasteiger partial charge in [0, 0.05) is 19.3 Å². The summed E-state index contributed by atoms with van der Waals surface area (Å²) in [5.74, 6) is -0.916. The Hall–Kier alpha value is -3.67. The first kappa shape index (κ1) is 69.3. The van der Waals surface area contributed by atoms with Crippen LogP contribution in [-0.2, 0) is 28.6 Å². The van der Waals surface area contributed by atoms with Gasteiger partial charge in [0.05, 0.1) is 0 Å². The van der Waals surface area contributed by atoms with E-state index in [4.69, 9.17) is 14.2 Å². The molecular weight excluding hydrogens is 901 g/mol. The van der Waals surface area contributed by atoms with E-state index >= 15 is 0 Å². The number of allylic oxidation sites excluding steroid dienone is 16. The van der Waals surface area contributed by atoms with Gasteiger partial charge in [-0.1, -0.05) is 246 Å². The monoisotopic (exact) mass is 1010 g/mol. The van der Waals surface area contributed by atoms with E-state index in [0.717, 1.165) is 128 Å². The van der Waals surface area contributed by atoms with Crippen LogP contribution in [0.5, 0.6) is 0 Å². The molecule has 0 fully saturated rings. The second-order valence-electron chi connectivity index (χ2n) is 20.2. The minimum atomic E-state index is -0.794. The van der Waals surface area contributed by atoms with Gasteiger partial charge in [-0.05, 0) is 122 Å². The molecule has 0 aromatic carbocycles. The molecule has 6 heteroatoms. The van der Waals surface area contributed by atoms with Crippen LogP contribution in [0.25, 0.3) is 0 Å². The molecule has 0 heterocycles. The van der Waals surface area contributed by atoms with Gasteiger partial charge in [0.2, 0.25) is 0 Å². The first-order chi connectivity index (χ1) is 36.0. The molecule has 6 nitrogen and oxygen atoms in total. The van der Waals surface area contributed by atoms with Crippen molar-refractivity contribution in [1.29, 1.82) is 0 Å². The zero-order valence-corrected chi connectivity index (χ0v) is 47.9. The third-order valence-electron chi connectivity index (χ3n) is 13.0. The lowest BCUT2D eigenvalue weighted by molar-refractivity contribution is -0.167. The van der Waals surface area contributed by atoms with Gasteiger partial charge in [-0.2, -0.15) is 0 Å². The second kappa shape index (κ2) is 60.9. The fraction of sp³-hybridized carbons (Fsp3) is 0.716. The van der Waals surface area contributed by atoms with E-state index in [1.54, 1.807) is 0 Å². The Labute approximate surface area is 451 Å². The van der Waals surface area contributed by atoms with Crippen molar-refractivity contribution in [2.75, 3.05) is 13.2 Å². The van der Waals surface area contributed by atoms with Crippen molar-refractivity contribution >= 4 is 17.9 Å². The van der Waals surface area contributed by atoms with Gasteiger partial charge in [-0.3, -0.25) is 14.4 Å². The molecule has 0 saturated heterocycles. The normalized spacial score (nSPS) is 12.8. The molecule has 418 valence electrons. The number of esters is 3. The summed E-state index contributed by atoms with van der Waals surface area (Å²) in [7, 11) is 0. The Morgan fingerprint density at radius 2 is 0.534 bits per heavy atom. The van der Waals surface area contributed by atoms with Crippen LogP contribution in [0.2, 0.25) is 0 Å². The fourth-order valence-electron chi connectivity index (χ4n) is 8.44. The summed E-state index contributed by atoms with van der Waals surface area (Å²) in [5.41, 5.74) is 0. The van der Waals surface area contributed by atoms with Crippen LogP contribution < -0.4 is 0 Å². The molecule has 1 atom stereocenters. The first-order valence-electron chi connectivity index (χ1n) is 30.7. The van der Waals surface area contributed by atoms with E-state index in [-0.39, 0.29) is 31.1 Å².